The fraction of sp³-hybridized carbons (Fsp3) is 0.556. The standard InChI is InChI=1S/C9H15N3O3/c1-9(5-13,6-14)11-8(15)7-3-10-12(2)4-7/h3-4,13-14H,5-6H2,1-2H3,(H,11,15). The van der Waals surface area contributed by atoms with Crippen molar-refractivity contribution in [1.82, 2.24) is 15.1 Å². The van der Waals surface area contributed by atoms with Gasteiger partial charge in [-0.15, -0.1) is 0 Å². The van der Waals surface area contributed by atoms with Gasteiger partial charge in [-0.1, -0.05) is 0 Å². The van der Waals surface area contributed by atoms with Gasteiger partial charge in [-0.05, 0) is 6.92 Å². The maximum Gasteiger partial charge on any atom is 0.255 e. The molecule has 15 heavy (non-hydrogen) atoms. The van der Waals surface area contributed by atoms with Crippen LogP contribution in [0.2, 0.25) is 0 Å². The Morgan fingerprint density at radius 3 is 2.60 bits per heavy atom. The number of hydrogen-bond acceptors (Lipinski definition) is 4. The molecule has 0 aliphatic heterocycles. The van der Waals surface area contributed by atoms with Crippen LogP contribution in [0.3, 0.4) is 0 Å². The summed E-state index contributed by atoms with van der Waals surface area (Å²) < 4.78 is 1.50. The molecule has 1 amide bonds. The van der Waals surface area contributed by atoms with Crippen molar-refractivity contribution in [2.24, 2.45) is 7.05 Å². The van der Waals surface area contributed by atoms with Crippen LogP contribution in [0.4, 0.5) is 0 Å². The number of carbonyl (C=O) groups is 1. The molecule has 6 nitrogen and oxygen atoms in total. The van der Waals surface area contributed by atoms with Gasteiger partial charge in [-0.3, -0.25) is 9.48 Å². The second-order valence-corrected chi connectivity index (χ2v) is 3.73. The molecule has 3 N–H and O–H groups in total. The smallest absolute Gasteiger partial charge is 0.255 e. The maximum absolute atomic E-state index is 11.6. The van der Waals surface area contributed by atoms with Gasteiger partial charge in [0.1, 0.15) is 0 Å². The number of aryl methyl sites for hydroxylation is 1. The number of carbonyl (C=O) groups excluding carboxylic acids is 1. The van der Waals surface area contributed by atoms with E-state index in [2.05, 4.69) is 10.4 Å². The van der Waals surface area contributed by atoms with E-state index in [1.807, 2.05) is 0 Å². The van der Waals surface area contributed by atoms with E-state index in [0.717, 1.165) is 0 Å². The van der Waals surface area contributed by atoms with Crippen molar-refractivity contribution in [3.05, 3.63) is 18.0 Å². The molecule has 0 unspecified atom stereocenters. The van der Waals surface area contributed by atoms with Crippen molar-refractivity contribution < 1.29 is 15.0 Å². The van der Waals surface area contributed by atoms with Gasteiger partial charge in [0.05, 0.1) is 30.5 Å². The van der Waals surface area contributed by atoms with Crippen molar-refractivity contribution >= 4 is 5.91 Å². The van der Waals surface area contributed by atoms with E-state index in [1.54, 1.807) is 20.2 Å². The minimum atomic E-state index is -1.01. The first kappa shape index (κ1) is 11.7. The van der Waals surface area contributed by atoms with Crippen LogP contribution in [0.25, 0.3) is 0 Å². The highest BCUT2D eigenvalue weighted by Crippen LogP contribution is 2.04. The van der Waals surface area contributed by atoms with Crippen molar-refractivity contribution in [1.29, 1.82) is 0 Å². The van der Waals surface area contributed by atoms with E-state index in [4.69, 9.17) is 10.2 Å². The molecule has 0 aromatic carbocycles. The lowest BCUT2D eigenvalue weighted by atomic mass is 10.1. The molecule has 1 aromatic rings. The zero-order chi connectivity index (χ0) is 11.5. The first-order chi connectivity index (χ1) is 7.00. The van der Waals surface area contributed by atoms with Gasteiger partial charge < -0.3 is 15.5 Å². The third-order valence-electron chi connectivity index (χ3n) is 2.08. The average Bonchev–Trinajstić information content (AvgIpc) is 2.65. The zero-order valence-corrected chi connectivity index (χ0v) is 8.77. The molecular weight excluding hydrogens is 198 g/mol. The Balaban J connectivity index is 2.71. The predicted molar refractivity (Wildman–Crippen MR) is 53.3 cm³/mol. The summed E-state index contributed by atoms with van der Waals surface area (Å²) in [6, 6.07) is 0. The van der Waals surface area contributed by atoms with Crippen LogP contribution in [0.15, 0.2) is 12.4 Å². The molecule has 1 heterocycles. The molecule has 0 aliphatic rings. The van der Waals surface area contributed by atoms with Gasteiger partial charge in [0.2, 0.25) is 0 Å². The summed E-state index contributed by atoms with van der Waals surface area (Å²) in [4.78, 5) is 11.6. The van der Waals surface area contributed by atoms with Gasteiger partial charge in [-0.2, -0.15) is 5.10 Å². The van der Waals surface area contributed by atoms with Crippen LogP contribution in [0, 0.1) is 0 Å². The lowest BCUT2D eigenvalue weighted by molar-refractivity contribution is 0.0724. The molecule has 0 fully saturated rings. The second-order valence-electron chi connectivity index (χ2n) is 3.73. The van der Waals surface area contributed by atoms with Crippen LogP contribution >= 0.6 is 0 Å². The predicted octanol–water partition coefficient (Wildman–Crippen LogP) is -1.11. The Labute approximate surface area is 87.5 Å². The number of aliphatic hydroxyl groups excluding tert-OH is 2. The number of aliphatic hydroxyl groups is 2. The fourth-order valence-electron chi connectivity index (χ4n) is 1.01. The number of aromatic nitrogens is 2. The van der Waals surface area contributed by atoms with Gasteiger partial charge >= 0.3 is 0 Å². The van der Waals surface area contributed by atoms with Gasteiger partial charge in [0, 0.05) is 13.2 Å². The third-order valence-corrected chi connectivity index (χ3v) is 2.08. The van der Waals surface area contributed by atoms with Crippen LogP contribution in [0.1, 0.15) is 17.3 Å². The van der Waals surface area contributed by atoms with Crippen molar-refractivity contribution in [2.45, 2.75) is 12.5 Å². The van der Waals surface area contributed by atoms with E-state index in [1.165, 1.54) is 10.9 Å². The van der Waals surface area contributed by atoms with Crippen LogP contribution in [0.5, 0.6) is 0 Å². The van der Waals surface area contributed by atoms with E-state index < -0.39 is 5.54 Å². The minimum absolute atomic E-state index is 0.324. The van der Waals surface area contributed by atoms with E-state index >= 15 is 0 Å². The number of amides is 1. The molecule has 0 bridgehead atoms. The van der Waals surface area contributed by atoms with Crippen molar-refractivity contribution in [3.8, 4) is 0 Å². The zero-order valence-electron chi connectivity index (χ0n) is 8.77. The maximum atomic E-state index is 11.6. The van der Waals surface area contributed by atoms with E-state index in [-0.39, 0.29) is 19.1 Å². The van der Waals surface area contributed by atoms with Crippen molar-refractivity contribution in [2.75, 3.05) is 13.2 Å². The lowest BCUT2D eigenvalue weighted by Crippen LogP contribution is -2.51. The molecule has 0 radical (unpaired) electrons. The topological polar surface area (TPSA) is 87.4 Å². The van der Waals surface area contributed by atoms with E-state index in [9.17, 15) is 4.79 Å². The lowest BCUT2D eigenvalue weighted by Gasteiger charge is -2.25. The highest BCUT2D eigenvalue weighted by Gasteiger charge is 2.25. The molecule has 84 valence electrons. The normalized spacial score (nSPS) is 11.5. The molecule has 0 aliphatic carbocycles. The van der Waals surface area contributed by atoms with E-state index in [0.29, 0.717) is 5.56 Å². The molecule has 0 atom stereocenters. The van der Waals surface area contributed by atoms with Gasteiger partial charge in [0.25, 0.3) is 5.91 Å². The Kier molecular flexibility index (Phi) is 3.43. The number of rotatable bonds is 4. The Morgan fingerprint density at radius 2 is 2.20 bits per heavy atom. The molecule has 1 aromatic heterocycles. The quantitative estimate of drug-likeness (QED) is 0.592. The summed E-state index contributed by atoms with van der Waals surface area (Å²) in [5.41, 5.74) is -0.613. The highest BCUT2D eigenvalue weighted by molar-refractivity contribution is 5.94. The molecule has 0 spiro atoms. The summed E-state index contributed by atoms with van der Waals surface area (Å²) >= 11 is 0. The largest absolute Gasteiger partial charge is 0.394 e. The highest BCUT2D eigenvalue weighted by atomic mass is 16.3. The second kappa shape index (κ2) is 4.41. The molecule has 6 heteroatoms. The molecular formula is C9H15N3O3. The monoisotopic (exact) mass is 213 g/mol. The number of nitrogens with one attached hydrogen (secondary N) is 1. The summed E-state index contributed by atoms with van der Waals surface area (Å²) in [6.45, 7) is 0.909. The van der Waals surface area contributed by atoms with Crippen LogP contribution in [-0.2, 0) is 7.05 Å². The molecule has 0 saturated carbocycles. The van der Waals surface area contributed by atoms with Gasteiger partial charge in [0.15, 0.2) is 0 Å². The van der Waals surface area contributed by atoms with Gasteiger partial charge in [-0.25, -0.2) is 0 Å². The third kappa shape index (κ3) is 2.77. The minimum Gasteiger partial charge on any atom is -0.394 e. The summed E-state index contributed by atoms with van der Waals surface area (Å²) in [5.74, 6) is -0.367. The first-order valence-electron chi connectivity index (χ1n) is 4.53. The summed E-state index contributed by atoms with van der Waals surface area (Å²) in [7, 11) is 1.70. The SMILES string of the molecule is Cn1cc(C(=O)NC(C)(CO)CO)cn1. The fourth-order valence-corrected chi connectivity index (χ4v) is 1.01. The summed E-state index contributed by atoms with van der Waals surface area (Å²) in [5, 5.41) is 24.4. The Hall–Kier alpha value is -1.40. The van der Waals surface area contributed by atoms with Crippen molar-refractivity contribution in [3.63, 3.8) is 0 Å². The average molecular weight is 213 g/mol. The first-order valence-corrected chi connectivity index (χ1v) is 4.53. The molecule has 1 rings (SSSR count). The van der Waals surface area contributed by atoms with Crippen LogP contribution < -0.4 is 5.32 Å². The number of hydrogen-bond donors (Lipinski definition) is 3. The Bertz CT molecular complexity index is 344. The molecule has 0 saturated heterocycles. The van der Waals surface area contributed by atoms with Crippen LogP contribution in [-0.4, -0.2) is 44.7 Å². The number of nitrogens with zero attached hydrogens (tertiary/aromatic N) is 2. The summed E-state index contributed by atoms with van der Waals surface area (Å²) in [6.07, 6.45) is 2.98. The Morgan fingerprint density at radius 1 is 1.60 bits per heavy atom.